The number of nitrogens with zero attached hydrogens (tertiary/aromatic N) is 2. The Morgan fingerprint density at radius 3 is 3.07 bits per heavy atom. The average molecular weight is 222 g/mol. The van der Waals surface area contributed by atoms with E-state index in [0.717, 1.165) is 18.4 Å². The van der Waals surface area contributed by atoms with Crippen molar-refractivity contribution in [2.75, 3.05) is 0 Å². The van der Waals surface area contributed by atoms with Crippen molar-refractivity contribution in [1.82, 2.24) is 4.98 Å². The monoisotopic (exact) mass is 221 g/mol. The lowest BCUT2D eigenvalue weighted by Crippen LogP contribution is -2.11. The van der Waals surface area contributed by atoms with E-state index in [0.29, 0.717) is 5.02 Å². The lowest BCUT2D eigenvalue weighted by molar-refractivity contribution is 0.660. The van der Waals surface area contributed by atoms with Crippen LogP contribution in [-0.2, 0) is 0 Å². The minimum atomic E-state index is -0.175. The Morgan fingerprint density at radius 2 is 2.47 bits per heavy atom. The molecule has 1 heterocycles. The second kappa shape index (κ2) is 5.50. The molecule has 0 saturated carbocycles. The molecule has 0 aliphatic rings. The molecule has 0 bridgehead atoms. The van der Waals surface area contributed by atoms with Gasteiger partial charge in [-0.3, -0.25) is 0 Å². The van der Waals surface area contributed by atoms with Gasteiger partial charge in [0, 0.05) is 12.2 Å². The summed E-state index contributed by atoms with van der Waals surface area (Å²) in [5.41, 5.74) is 6.93. The number of hydrogen-bond donors (Lipinski definition) is 1. The summed E-state index contributed by atoms with van der Waals surface area (Å²) in [6.07, 6.45) is 4.94. The van der Waals surface area contributed by atoms with Gasteiger partial charge in [-0.15, -0.1) is 6.58 Å². The zero-order chi connectivity index (χ0) is 11.3. The van der Waals surface area contributed by atoms with Gasteiger partial charge < -0.3 is 5.73 Å². The van der Waals surface area contributed by atoms with Crippen LogP contribution in [0.1, 0.15) is 30.1 Å². The highest BCUT2D eigenvalue weighted by molar-refractivity contribution is 6.32. The summed E-state index contributed by atoms with van der Waals surface area (Å²) in [6, 6.07) is 3.50. The van der Waals surface area contributed by atoms with Crippen molar-refractivity contribution in [2.24, 2.45) is 5.73 Å². The fraction of sp³-hybridized carbons (Fsp3) is 0.273. The molecular formula is C11H12ClN3. The minimum absolute atomic E-state index is 0.175. The van der Waals surface area contributed by atoms with E-state index >= 15 is 0 Å². The molecule has 78 valence electrons. The first kappa shape index (κ1) is 11.7. The number of halogens is 1. The molecule has 15 heavy (non-hydrogen) atoms. The quantitative estimate of drug-likeness (QED) is 0.795. The number of allylic oxidation sites excluding steroid dienone is 1. The molecule has 1 aromatic rings. The van der Waals surface area contributed by atoms with E-state index in [9.17, 15) is 0 Å². The summed E-state index contributed by atoms with van der Waals surface area (Å²) in [7, 11) is 0. The molecule has 0 saturated heterocycles. The highest BCUT2D eigenvalue weighted by atomic mass is 35.5. The molecule has 4 heteroatoms. The van der Waals surface area contributed by atoms with Gasteiger partial charge in [0.2, 0.25) is 0 Å². The number of nitrogens with two attached hydrogens (primary N) is 1. The van der Waals surface area contributed by atoms with Gasteiger partial charge in [0.25, 0.3) is 0 Å². The van der Waals surface area contributed by atoms with Crippen LogP contribution in [0.15, 0.2) is 24.9 Å². The standard InChI is InChI=1S/C11H12ClN3/c1-2-3-4-9(14)8-5-6-15-10(7-13)11(8)12/h2,5-6,9H,1,3-4,14H2/t9-/m1/s1. The molecule has 0 radical (unpaired) electrons. The largest absolute Gasteiger partial charge is 0.324 e. The summed E-state index contributed by atoms with van der Waals surface area (Å²) in [5, 5.41) is 9.10. The van der Waals surface area contributed by atoms with Crippen LogP contribution in [0.4, 0.5) is 0 Å². The molecule has 3 nitrogen and oxygen atoms in total. The molecule has 1 rings (SSSR count). The third-order valence-corrected chi connectivity index (χ3v) is 2.50. The molecule has 1 aromatic heterocycles. The number of pyridine rings is 1. The van der Waals surface area contributed by atoms with Crippen LogP contribution >= 0.6 is 11.6 Å². The highest BCUT2D eigenvalue weighted by Crippen LogP contribution is 2.25. The second-order valence-electron chi connectivity index (χ2n) is 3.15. The minimum Gasteiger partial charge on any atom is -0.324 e. The molecule has 2 N–H and O–H groups in total. The van der Waals surface area contributed by atoms with E-state index in [-0.39, 0.29) is 11.7 Å². The fourth-order valence-electron chi connectivity index (χ4n) is 1.28. The van der Waals surface area contributed by atoms with E-state index < -0.39 is 0 Å². The van der Waals surface area contributed by atoms with Crippen molar-refractivity contribution in [1.29, 1.82) is 5.26 Å². The van der Waals surface area contributed by atoms with Crippen molar-refractivity contribution in [3.05, 3.63) is 41.2 Å². The van der Waals surface area contributed by atoms with Gasteiger partial charge in [-0.2, -0.15) is 5.26 Å². The van der Waals surface area contributed by atoms with Crippen LogP contribution in [0.3, 0.4) is 0 Å². The normalized spacial score (nSPS) is 11.8. The fourth-order valence-corrected chi connectivity index (χ4v) is 1.57. The molecule has 0 unspecified atom stereocenters. The average Bonchev–Trinajstić information content (AvgIpc) is 2.26. The Morgan fingerprint density at radius 1 is 1.73 bits per heavy atom. The first-order valence-corrected chi connectivity index (χ1v) is 4.99. The maximum atomic E-state index is 8.75. The molecule has 0 fully saturated rings. The topological polar surface area (TPSA) is 62.7 Å². The SMILES string of the molecule is C=CCC[C@@H](N)c1ccnc(C#N)c1Cl. The van der Waals surface area contributed by atoms with Gasteiger partial charge in [0.1, 0.15) is 6.07 Å². The number of hydrogen-bond acceptors (Lipinski definition) is 3. The summed E-state index contributed by atoms with van der Waals surface area (Å²) in [4.78, 5) is 3.85. The van der Waals surface area contributed by atoms with Crippen molar-refractivity contribution in [3.63, 3.8) is 0 Å². The summed E-state index contributed by atoms with van der Waals surface area (Å²) >= 11 is 5.99. The van der Waals surface area contributed by atoms with Gasteiger partial charge in [-0.05, 0) is 24.5 Å². The van der Waals surface area contributed by atoms with Gasteiger partial charge >= 0.3 is 0 Å². The summed E-state index contributed by atoms with van der Waals surface area (Å²) in [6.45, 7) is 3.63. The summed E-state index contributed by atoms with van der Waals surface area (Å²) < 4.78 is 0. The van der Waals surface area contributed by atoms with Gasteiger partial charge in [0.15, 0.2) is 5.69 Å². The van der Waals surface area contributed by atoms with Gasteiger partial charge in [0.05, 0.1) is 5.02 Å². The lowest BCUT2D eigenvalue weighted by Gasteiger charge is -2.12. The van der Waals surface area contributed by atoms with Gasteiger partial charge in [-0.1, -0.05) is 17.7 Å². The van der Waals surface area contributed by atoms with Gasteiger partial charge in [-0.25, -0.2) is 4.98 Å². The summed E-state index contributed by atoms with van der Waals surface area (Å²) in [5.74, 6) is 0. The van der Waals surface area contributed by atoms with Crippen LogP contribution in [0.2, 0.25) is 5.02 Å². The first-order valence-electron chi connectivity index (χ1n) is 4.61. The molecule has 1 atom stereocenters. The van der Waals surface area contributed by atoms with Crippen molar-refractivity contribution < 1.29 is 0 Å². The third-order valence-electron chi connectivity index (χ3n) is 2.11. The second-order valence-corrected chi connectivity index (χ2v) is 3.53. The third kappa shape index (κ3) is 2.79. The zero-order valence-corrected chi connectivity index (χ0v) is 9.04. The Balaban J connectivity index is 2.94. The van der Waals surface area contributed by atoms with E-state index in [2.05, 4.69) is 11.6 Å². The Labute approximate surface area is 94.2 Å². The molecule has 0 aliphatic carbocycles. The lowest BCUT2D eigenvalue weighted by atomic mass is 10.0. The molecule has 0 spiro atoms. The van der Waals surface area contributed by atoms with E-state index in [1.165, 1.54) is 0 Å². The van der Waals surface area contributed by atoms with Crippen LogP contribution in [0.5, 0.6) is 0 Å². The Hall–Kier alpha value is -1.37. The number of aromatic nitrogens is 1. The first-order chi connectivity index (χ1) is 7.20. The van der Waals surface area contributed by atoms with Crippen molar-refractivity contribution >= 4 is 11.6 Å². The predicted molar refractivity (Wildman–Crippen MR) is 60.3 cm³/mol. The van der Waals surface area contributed by atoms with Crippen LogP contribution in [0.25, 0.3) is 0 Å². The maximum Gasteiger partial charge on any atom is 0.159 e. The van der Waals surface area contributed by atoms with Crippen LogP contribution in [0, 0.1) is 11.3 Å². The van der Waals surface area contributed by atoms with Crippen LogP contribution in [-0.4, -0.2) is 4.98 Å². The zero-order valence-electron chi connectivity index (χ0n) is 8.28. The number of nitriles is 1. The smallest absolute Gasteiger partial charge is 0.159 e. The molecular weight excluding hydrogens is 210 g/mol. The van der Waals surface area contributed by atoms with Crippen LogP contribution < -0.4 is 5.73 Å². The van der Waals surface area contributed by atoms with E-state index in [1.54, 1.807) is 18.3 Å². The Kier molecular flexibility index (Phi) is 4.29. The van der Waals surface area contributed by atoms with E-state index in [1.807, 2.05) is 6.07 Å². The number of rotatable bonds is 4. The molecule has 0 aromatic carbocycles. The van der Waals surface area contributed by atoms with Crippen molar-refractivity contribution in [2.45, 2.75) is 18.9 Å². The highest BCUT2D eigenvalue weighted by Gasteiger charge is 2.12. The predicted octanol–water partition coefficient (Wildman–Crippen LogP) is 2.57. The maximum absolute atomic E-state index is 8.75. The van der Waals surface area contributed by atoms with Crippen molar-refractivity contribution in [3.8, 4) is 6.07 Å². The molecule has 0 aliphatic heterocycles. The van der Waals surface area contributed by atoms with E-state index in [4.69, 9.17) is 22.6 Å². The molecule has 0 amide bonds. The Bertz CT molecular complexity index is 395.